The fourth-order valence-corrected chi connectivity index (χ4v) is 3.41. The summed E-state index contributed by atoms with van der Waals surface area (Å²) >= 11 is 0. The van der Waals surface area contributed by atoms with E-state index < -0.39 is 0 Å². The van der Waals surface area contributed by atoms with Crippen LogP contribution in [0.3, 0.4) is 0 Å². The Labute approximate surface area is 175 Å². The molecule has 8 heteroatoms. The molecule has 0 aliphatic carbocycles. The summed E-state index contributed by atoms with van der Waals surface area (Å²) in [6.07, 6.45) is 1.63. The lowest BCUT2D eigenvalue weighted by molar-refractivity contribution is 0.165. The number of nitrogens with one attached hydrogen (secondary N) is 1. The average molecular weight is 478 g/mol. The number of guanidine groups is 1. The molecule has 2 rings (SSSR count). The summed E-state index contributed by atoms with van der Waals surface area (Å²) < 4.78 is 4.91. The molecule has 1 aromatic heterocycles. The van der Waals surface area contributed by atoms with E-state index in [2.05, 4.69) is 57.9 Å². The summed E-state index contributed by atoms with van der Waals surface area (Å²) in [5.41, 5.74) is 0.999. The lowest BCUT2D eigenvalue weighted by atomic mass is 10.2. The molecule has 2 heterocycles. The van der Waals surface area contributed by atoms with Crippen LogP contribution in [0.25, 0.3) is 0 Å². The maximum Gasteiger partial charge on any atom is 0.193 e. The van der Waals surface area contributed by atoms with Gasteiger partial charge in [0, 0.05) is 71.0 Å². The fraction of sp³-hybridized carbons (Fsp3) is 0.778. The third kappa shape index (κ3) is 7.03. The van der Waals surface area contributed by atoms with Crippen molar-refractivity contribution in [1.29, 1.82) is 0 Å². The first-order valence-electron chi connectivity index (χ1n) is 9.34. The molecule has 1 N–H and O–H groups in total. The molecule has 0 aromatic carbocycles. The summed E-state index contributed by atoms with van der Waals surface area (Å²) in [4.78, 5) is 11.7. The maximum absolute atomic E-state index is 4.91. The van der Waals surface area contributed by atoms with Crippen LogP contribution in [0.15, 0.2) is 21.8 Å². The van der Waals surface area contributed by atoms with Crippen molar-refractivity contribution in [2.75, 3.05) is 46.3 Å². The van der Waals surface area contributed by atoms with Gasteiger partial charge in [-0.25, -0.2) is 0 Å². The molecule has 0 saturated carbocycles. The van der Waals surface area contributed by atoms with Crippen LogP contribution in [0, 0.1) is 0 Å². The molecule has 0 radical (unpaired) electrons. The van der Waals surface area contributed by atoms with Crippen LogP contribution in [0.2, 0.25) is 0 Å². The zero-order chi connectivity index (χ0) is 18.2. The highest BCUT2D eigenvalue weighted by atomic mass is 127. The number of halogens is 1. The first-order chi connectivity index (χ1) is 12.0. The molecule has 1 aliphatic rings. The van der Waals surface area contributed by atoms with Gasteiger partial charge in [0.05, 0.1) is 5.69 Å². The van der Waals surface area contributed by atoms with E-state index in [1.54, 1.807) is 6.26 Å². The first kappa shape index (κ1) is 23.2. The Bertz CT molecular complexity index is 504. The fourth-order valence-electron chi connectivity index (χ4n) is 3.41. The van der Waals surface area contributed by atoms with Crippen LogP contribution in [-0.4, -0.2) is 84.2 Å². The second kappa shape index (κ2) is 11.8. The standard InChI is InChI=1S/C18H34N6O.HI/c1-15(2)24(16(3)4)8-7-20-18(19-5)23-11-9-22(10-12-23)14-17-6-13-25-21-17;/h6,13,15-16H,7-12,14H2,1-5H3,(H,19,20);1H. The highest BCUT2D eigenvalue weighted by Crippen LogP contribution is 2.07. The van der Waals surface area contributed by atoms with E-state index in [4.69, 9.17) is 4.52 Å². The molecular formula is C18H35IN6O. The minimum Gasteiger partial charge on any atom is -0.364 e. The van der Waals surface area contributed by atoms with Crippen LogP contribution in [0.4, 0.5) is 0 Å². The minimum absolute atomic E-state index is 0. The van der Waals surface area contributed by atoms with Gasteiger partial charge in [-0.05, 0) is 27.7 Å². The predicted molar refractivity (Wildman–Crippen MR) is 117 cm³/mol. The molecule has 0 unspecified atom stereocenters. The molecule has 1 saturated heterocycles. The molecule has 7 nitrogen and oxygen atoms in total. The van der Waals surface area contributed by atoms with Gasteiger partial charge in [0.1, 0.15) is 6.26 Å². The van der Waals surface area contributed by atoms with E-state index in [1.165, 1.54) is 0 Å². The molecule has 0 atom stereocenters. The highest BCUT2D eigenvalue weighted by molar-refractivity contribution is 14.0. The average Bonchev–Trinajstić information content (AvgIpc) is 3.08. The molecule has 150 valence electrons. The van der Waals surface area contributed by atoms with Crippen LogP contribution < -0.4 is 5.32 Å². The summed E-state index contributed by atoms with van der Waals surface area (Å²) in [6.45, 7) is 15.8. The summed E-state index contributed by atoms with van der Waals surface area (Å²) in [5.74, 6) is 1.01. The normalized spacial score (nSPS) is 16.5. The van der Waals surface area contributed by atoms with Crippen molar-refractivity contribution in [2.24, 2.45) is 4.99 Å². The zero-order valence-corrected chi connectivity index (χ0v) is 19.1. The predicted octanol–water partition coefficient (Wildman–Crippen LogP) is 2.10. The third-order valence-electron chi connectivity index (χ3n) is 4.74. The zero-order valence-electron chi connectivity index (χ0n) is 16.8. The largest absolute Gasteiger partial charge is 0.364 e. The van der Waals surface area contributed by atoms with Gasteiger partial charge >= 0.3 is 0 Å². The van der Waals surface area contributed by atoms with Gasteiger partial charge < -0.3 is 14.7 Å². The molecule has 1 aromatic rings. The monoisotopic (exact) mass is 478 g/mol. The molecular weight excluding hydrogens is 443 g/mol. The highest BCUT2D eigenvalue weighted by Gasteiger charge is 2.20. The lowest BCUT2D eigenvalue weighted by Crippen LogP contribution is -2.53. The van der Waals surface area contributed by atoms with Crippen molar-refractivity contribution in [3.63, 3.8) is 0 Å². The third-order valence-corrected chi connectivity index (χ3v) is 4.74. The lowest BCUT2D eigenvalue weighted by Gasteiger charge is -2.36. The Hall–Kier alpha value is -0.870. The Morgan fingerprint density at radius 3 is 2.38 bits per heavy atom. The Morgan fingerprint density at radius 2 is 1.88 bits per heavy atom. The SMILES string of the molecule is CN=C(NCCN(C(C)C)C(C)C)N1CCN(Cc2ccon2)CC1.I. The Morgan fingerprint density at radius 1 is 1.23 bits per heavy atom. The van der Waals surface area contributed by atoms with E-state index in [0.29, 0.717) is 12.1 Å². The second-order valence-corrected chi connectivity index (χ2v) is 7.15. The maximum atomic E-state index is 4.91. The first-order valence-corrected chi connectivity index (χ1v) is 9.34. The van der Waals surface area contributed by atoms with Gasteiger partial charge in [0.2, 0.25) is 0 Å². The number of piperazine rings is 1. The van der Waals surface area contributed by atoms with E-state index in [9.17, 15) is 0 Å². The number of hydrogen-bond donors (Lipinski definition) is 1. The Balaban J connectivity index is 0.00000338. The van der Waals surface area contributed by atoms with Crippen molar-refractivity contribution in [3.05, 3.63) is 18.0 Å². The quantitative estimate of drug-likeness (QED) is 0.368. The van der Waals surface area contributed by atoms with Crippen LogP contribution in [0.5, 0.6) is 0 Å². The van der Waals surface area contributed by atoms with Crippen LogP contribution in [0.1, 0.15) is 33.4 Å². The van der Waals surface area contributed by atoms with Gasteiger partial charge in [0.25, 0.3) is 0 Å². The molecule has 0 bridgehead atoms. The molecule has 1 fully saturated rings. The van der Waals surface area contributed by atoms with Crippen LogP contribution >= 0.6 is 24.0 Å². The van der Waals surface area contributed by atoms with Gasteiger partial charge in [0.15, 0.2) is 5.96 Å². The van der Waals surface area contributed by atoms with Crippen LogP contribution in [-0.2, 0) is 6.54 Å². The number of nitrogens with zero attached hydrogens (tertiary/aromatic N) is 5. The van der Waals surface area contributed by atoms with E-state index in [1.807, 2.05) is 13.1 Å². The van der Waals surface area contributed by atoms with E-state index >= 15 is 0 Å². The number of rotatable bonds is 7. The number of aliphatic imine (C=N–C) groups is 1. The number of hydrogen-bond acceptors (Lipinski definition) is 5. The summed E-state index contributed by atoms with van der Waals surface area (Å²) in [6, 6.07) is 3.05. The van der Waals surface area contributed by atoms with Crippen molar-refractivity contribution in [2.45, 2.75) is 46.3 Å². The molecule has 26 heavy (non-hydrogen) atoms. The van der Waals surface area contributed by atoms with E-state index in [-0.39, 0.29) is 24.0 Å². The van der Waals surface area contributed by atoms with Crippen molar-refractivity contribution in [3.8, 4) is 0 Å². The molecule has 1 aliphatic heterocycles. The molecule has 0 spiro atoms. The van der Waals surface area contributed by atoms with Crippen molar-refractivity contribution < 1.29 is 4.52 Å². The summed E-state index contributed by atoms with van der Waals surface area (Å²) in [5, 5.41) is 7.52. The van der Waals surface area contributed by atoms with Crippen molar-refractivity contribution in [1.82, 2.24) is 25.2 Å². The minimum atomic E-state index is 0. The number of aromatic nitrogens is 1. The smallest absolute Gasteiger partial charge is 0.193 e. The van der Waals surface area contributed by atoms with Crippen molar-refractivity contribution >= 4 is 29.9 Å². The van der Waals surface area contributed by atoms with Gasteiger partial charge in [-0.2, -0.15) is 0 Å². The van der Waals surface area contributed by atoms with Gasteiger partial charge in [-0.1, -0.05) is 5.16 Å². The molecule has 0 amide bonds. The van der Waals surface area contributed by atoms with E-state index in [0.717, 1.165) is 57.5 Å². The van der Waals surface area contributed by atoms with Gasteiger partial charge in [-0.3, -0.25) is 14.8 Å². The second-order valence-electron chi connectivity index (χ2n) is 7.15. The topological polar surface area (TPSA) is 60.1 Å². The Kier molecular flexibility index (Phi) is 10.5. The van der Waals surface area contributed by atoms with Gasteiger partial charge in [-0.15, -0.1) is 24.0 Å². The summed E-state index contributed by atoms with van der Waals surface area (Å²) in [7, 11) is 1.87.